The number of alkyl carbamates (subject to hydrolysis) is 1. The van der Waals surface area contributed by atoms with Crippen molar-refractivity contribution in [3.8, 4) is 0 Å². The van der Waals surface area contributed by atoms with E-state index in [0.29, 0.717) is 19.3 Å². The average Bonchev–Trinajstić information content (AvgIpc) is 2.87. The zero-order valence-electron chi connectivity index (χ0n) is 27.5. The molecule has 0 aromatic carbocycles. The first-order valence-electron chi connectivity index (χ1n) is 16.3. The summed E-state index contributed by atoms with van der Waals surface area (Å²) in [5.74, 6) is -0.581. The summed E-state index contributed by atoms with van der Waals surface area (Å²) >= 11 is 0. The Morgan fingerprint density at radius 2 is 1.62 bits per heavy atom. The number of hydrogen-bond donors (Lipinski definition) is 3. The third-order valence-corrected chi connectivity index (χ3v) is 14.0. The van der Waals surface area contributed by atoms with Gasteiger partial charge in [0, 0.05) is 17.4 Å². The maximum Gasteiger partial charge on any atom is 0.407 e. The van der Waals surface area contributed by atoms with Crippen LogP contribution in [0.25, 0.3) is 0 Å². The van der Waals surface area contributed by atoms with E-state index in [0.717, 1.165) is 38.5 Å². The van der Waals surface area contributed by atoms with Crippen LogP contribution in [0.2, 0.25) is 0 Å². The molecule has 0 aliphatic heterocycles. The third-order valence-electron chi connectivity index (χ3n) is 14.0. The number of aliphatic hydroxyl groups excluding tert-OH is 1. The first kappa shape index (κ1) is 31.5. The number of ketones is 1. The predicted octanol–water partition coefficient (Wildman–Crippen LogP) is 6.92. The lowest BCUT2D eigenvalue weighted by atomic mass is 9.33. The van der Waals surface area contributed by atoms with E-state index in [9.17, 15) is 24.6 Å². The van der Waals surface area contributed by atoms with Gasteiger partial charge in [-0.1, -0.05) is 40.2 Å². The van der Waals surface area contributed by atoms with E-state index in [-0.39, 0.29) is 57.8 Å². The van der Waals surface area contributed by atoms with Gasteiger partial charge in [0.1, 0.15) is 5.60 Å². The van der Waals surface area contributed by atoms with Gasteiger partial charge in [-0.3, -0.25) is 9.59 Å². The highest BCUT2D eigenvalue weighted by molar-refractivity contribution is 5.95. The fourth-order valence-electron chi connectivity index (χ4n) is 11.1. The van der Waals surface area contributed by atoms with Gasteiger partial charge in [0.2, 0.25) is 0 Å². The van der Waals surface area contributed by atoms with Crippen LogP contribution in [0.4, 0.5) is 4.79 Å². The van der Waals surface area contributed by atoms with Crippen molar-refractivity contribution < 1.29 is 29.3 Å². The van der Waals surface area contributed by atoms with Gasteiger partial charge in [-0.05, 0) is 125 Å². The molecule has 10 atom stereocenters. The van der Waals surface area contributed by atoms with Gasteiger partial charge in [-0.25, -0.2) is 4.79 Å². The van der Waals surface area contributed by atoms with Crippen molar-refractivity contribution in [2.75, 3.05) is 6.61 Å². The largest absolute Gasteiger partial charge is 0.481 e. The second-order valence-corrected chi connectivity index (χ2v) is 17.5. The van der Waals surface area contributed by atoms with Gasteiger partial charge >= 0.3 is 12.1 Å². The maximum absolute atomic E-state index is 14.5. The summed E-state index contributed by atoms with van der Waals surface area (Å²) in [6, 6.07) is -0.244. The molecular formula is C35H55NO6. The van der Waals surface area contributed by atoms with Crippen LogP contribution in [-0.4, -0.2) is 46.3 Å². The van der Waals surface area contributed by atoms with Crippen molar-refractivity contribution in [2.45, 2.75) is 132 Å². The van der Waals surface area contributed by atoms with E-state index in [1.54, 1.807) is 0 Å². The zero-order chi connectivity index (χ0) is 31.3. The summed E-state index contributed by atoms with van der Waals surface area (Å²) in [5.41, 5.74) is -1.53. The van der Waals surface area contributed by atoms with Crippen LogP contribution < -0.4 is 5.32 Å². The molecule has 236 valence electrons. The van der Waals surface area contributed by atoms with E-state index in [1.807, 2.05) is 33.8 Å². The van der Waals surface area contributed by atoms with Gasteiger partial charge in [-0.2, -0.15) is 0 Å². The molecule has 4 saturated carbocycles. The summed E-state index contributed by atoms with van der Waals surface area (Å²) in [4.78, 5) is 39.7. The first-order chi connectivity index (χ1) is 19.2. The van der Waals surface area contributed by atoms with Gasteiger partial charge in [-0.15, -0.1) is 0 Å². The van der Waals surface area contributed by atoms with Crippen LogP contribution in [0.15, 0.2) is 11.6 Å². The smallest absolute Gasteiger partial charge is 0.407 e. The Bertz CT molecular complexity index is 1200. The Balaban J connectivity index is 1.52. The number of ether oxygens (including phenoxy) is 1. The molecule has 42 heavy (non-hydrogen) atoms. The van der Waals surface area contributed by atoms with Crippen LogP contribution in [0.1, 0.15) is 120 Å². The summed E-state index contributed by atoms with van der Waals surface area (Å²) in [5, 5.41) is 24.1. The van der Waals surface area contributed by atoms with E-state index in [2.05, 4.69) is 39.9 Å². The second-order valence-electron chi connectivity index (χ2n) is 17.5. The zero-order valence-corrected chi connectivity index (χ0v) is 27.5. The Kier molecular flexibility index (Phi) is 7.17. The number of carbonyl (C=O) groups excluding carboxylic acids is 2. The number of aliphatic carboxylic acids is 1. The van der Waals surface area contributed by atoms with Crippen molar-refractivity contribution in [3.63, 3.8) is 0 Å². The predicted molar refractivity (Wildman–Crippen MR) is 162 cm³/mol. The molecule has 0 heterocycles. The quantitative estimate of drug-likeness (QED) is 0.331. The van der Waals surface area contributed by atoms with Crippen LogP contribution in [0, 0.1) is 50.2 Å². The molecule has 3 N–H and O–H groups in total. The number of nitrogens with one attached hydrogen (secondary N) is 1. The topological polar surface area (TPSA) is 113 Å². The molecule has 7 nitrogen and oxygen atoms in total. The van der Waals surface area contributed by atoms with Crippen molar-refractivity contribution in [1.29, 1.82) is 0 Å². The molecule has 0 aromatic rings. The van der Waals surface area contributed by atoms with Gasteiger partial charge in [0.15, 0.2) is 5.78 Å². The van der Waals surface area contributed by atoms with E-state index in [4.69, 9.17) is 4.74 Å². The normalized spacial score (nSPS) is 48.5. The van der Waals surface area contributed by atoms with Crippen molar-refractivity contribution in [1.82, 2.24) is 5.32 Å². The average molecular weight is 586 g/mol. The fraction of sp³-hybridized carbons (Fsp3) is 0.857. The number of rotatable bonds is 3. The highest BCUT2D eigenvalue weighted by Crippen LogP contribution is 2.75. The molecule has 0 bridgehead atoms. The van der Waals surface area contributed by atoms with Crippen molar-refractivity contribution in [2.24, 2.45) is 50.2 Å². The van der Waals surface area contributed by atoms with Crippen LogP contribution in [0.3, 0.4) is 0 Å². The molecule has 5 rings (SSSR count). The highest BCUT2D eigenvalue weighted by atomic mass is 16.6. The number of allylic oxidation sites excluding steroid dienone is 2. The summed E-state index contributed by atoms with van der Waals surface area (Å²) in [6.45, 7) is 18.7. The molecule has 0 spiro atoms. The van der Waals surface area contributed by atoms with Crippen LogP contribution in [0.5, 0.6) is 0 Å². The Morgan fingerprint density at radius 1 is 0.976 bits per heavy atom. The molecule has 0 aromatic heterocycles. The monoisotopic (exact) mass is 585 g/mol. The van der Waals surface area contributed by atoms with E-state index in [1.165, 1.54) is 5.57 Å². The number of amides is 1. The Morgan fingerprint density at radius 3 is 2.21 bits per heavy atom. The van der Waals surface area contributed by atoms with Gasteiger partial charge < -0.3 is 20.3 Å². The van der Waals surface area contributed by atoms with Crippen molar-refractivity contribution in [3.05, 3.63) is 11.6 Å². The number of carboxylic acids is 1. The number of hydrogen-bond acceptors (Lipinski definition) is 5. The SMILES string of the molecule is CC(C)(C)OC(=O)N[C@H]1CC[C@@]2(C)[C@@H](CC[C@]3(C)[C@@H]2C(=O)C=C2[C@@H]4C[C@@](C)(C(=O)O)CC[C@]4(C)CC[C@]23C)[C@]1(C)CO. The fourth-order valence-corrected chi connectivity index (χ4v) is 11.1. The summed E-state index contributed by atoms with van der Waals surface area (Å²) in [7, 11) is 0. The maximum atomic E-state index is 14.5. The first-order valence-corrected chi connectivity index (χ1v) is 16.3. The van der Waals surface area contributed by atoms with Crippen LogP contribution in [-0.2, 0) is 14.3 Å². The van der Waals surface area contributed by atoms with Crippen molar-refractivity contribution >= 4 is 17.8 Å². The molecule has 5 aliphatic rings. The Hall–Kier alpha value is -1.89. The lowest BCUT2D eigenvalue weighted by molar-refractivity contribution is -0.196. The molecule has 7 heteroatoms. The number of aliphatic hydroxyl groups is 1. The molecule has 0 saturated heterocycles. The molecule has 0 radical (unpaired) electrons. The summed E-state index contributed by atoms with van der Waals surface area (Å²) in [6.07, 6.45) is 8.93. The molecule has 1 amide bonds. The Labute approximate surface area is 252 Å². The third kappa shape index (κ3) is 4.33. The number of carbonyl (C=O) groups is 3. The highest BCUT2D eigenvalue weighted by Gasteiger charge is 2.70. The van der Waals surface area contributed by atoms with Gasteiger partial charge in [0.05, 0.1) is 12.0 Å². The number of fused-ring (bicyclic) bond motifs is 7. The summed E-state index contributed by atoms with van der Waals surface area (Å²) < 4.78 is 5.58. The standard InChI is InChI=1S/C35H55NO6/c1-29(2,3)42-28(41)36-25-11-12-32(6)24(33(25,7)20-37)10-13-35(9)26(32)23(38)18-21-22-19-31(5,27(39)40)15-14-30(22,4)16-17-34(21,35)8/h18,22,24-26,37H,10-17,19-20H2,1-9H3,(H,36,41)(H,39,40)/t22-,24+,25-,26+,30+,31-,32-,33-,34+,35+/m0/s1. The molecule has 5 aliphatic carbocycles. The van der Waals surface area contributed by atoms with Crippen LogP contribution >= 0.6 is 0 Å². The lowest BCUT2D eigenvalue weighted by Gasteiger charge is -2.70. The van der Waals surface area contributed by atoms with E-state index < -0.39 is 28.5 Å². The molecule has 0 unspecified atom stereocenters. The lowest BCUT2D eigenvalue weighted by Crippen LogP contribution is -2.68. The van der Waals surface area contributed by atoms with Gasteiger partial charge in [0.25, 0.3) is 0 Å². The van der Waals surface area contributed by atoms with E-state index >= 15 is 0 Å². The minimum absolute atomic E-state index is 0.0196. The molecule has 4 fully saturated rings. The minimum Gasteiger partial charge on any atom is -0.481 e. The molecular weight excluding hydrogens is 530 g/mol. The second kappa shape index (κ2) is 9.55. The number of carboxylic acid groups (broad SMARTS) is 1. The minimum atomic E-state index is -0.768.